The van der Waals surface area contributed by atoms with E-state index in [1.54, 1.807) is 35.0 Å². The zero-order valence-electron chi connectivity index (χ0n) is 10.3. The Morgan fingerprint density at radius 3 is 2.65 bits per heavy atom. The summed E-state index contributed by atoms with van der Waals surface area (Å²) in [6.07, 6.45) is 0. The van der Waals surface area contributed by atoms with Crippen LogP contribution < -0.4 is 0 Å². The lowest BCUT2D eigenvalue weighted by molar-refractivity contribution is 0.0698. The molecule has 20 heavy (non-hydrogen) atoms. The molecular formula is C14H10ClN3O2. The number of halogens is 1. The SMILES string of the molecule is O=C(O)c1cccc2nnn(Cc3ccc(Cl)cc3)c12. The van der Waals surface area contributed by atoms with Crippen LogP contribution >= 0.6 is 11.6 Å². The maximum atomic E-state index is 11.3. The third-order valence-corrected chi connectivity index (χ3v) is 3.26. The molecule has 2 aromatic carbocycles. The Labute approximate surface area is 119 Å². The van der Waals surface area contributed by atoms with Crippen molar-refractivity contribution >= 4 is 28.6 Å². The van der Waals surface area contributed by atoms with E-state index in [0.29, 0.717) is 22.6 Å². The Morgan fingerprint density at radius 2 is 1.95 bits per heavy atom. The highest BCUT2D eigenvalue weighted by atomic mass is 35.5. The molecule has 0 saturated carbocycles. The van der Waals surface area contributed by atoms with Gasteiger partial charge in [-0.15, -0.1) is 5.10 Å². The summed E-state index contributed by atoms with van der Waals surface area (Å²) in [7, 11) is 0. The molecule has 0 amide bonds. The number of hydrogen-bond acceptors (Lipinski definition) is 3. The van der Waals surface area contributed by atoms with Gasteiger partial charge in [0.15, 0.2) is 0 Å². The number of carbonyl (C=O) groups is 1. The van der Waals surface area contributed by atoms with Crippen molar-refractivity contribution in [3.8, 4) is 0 Å². The molecule has 100 valence electrons. The normalized spacial score (nSPS) is 10.8. The molecule has 1 heterocycles. The fraction of sp³-hybridized carbons (Fsp3) is 0.0714. The molecule has 3 aromatic rings. The summed E-state index contributed by atoms with van der Waals surface area (Å²) in [6.45, 7) is 0.442. The molecule has 0 aliphatic rings. The Hall–Kier alpha value is -2.40. The van der Waals surface area contributed by atoms with Gasteiger partial charge in [0.1, 0.15) is 11.0 Å². The molecule has 0 aliphatic carbocycles. The molecule has 5 nitrogen and oxygen atoms in total. The van der Waals surface area contributed by atoms with Crippen LogP contribution in [0.15, 0.2) is 42.5 Å². The second-order valence-electron chi connectivity index (χ2n) is 4.35. The van der Waals surface area contributed by atoms with E-state index in [0.717, 1.165) is 5.56 Å². The number of aromatic carboxylic acids is 1. The van der Waals surface area contributed by atoms with Gasteiger partial charge in [-0.25, -0.2) is 9.48 Å². The molecule has 0 radical (unpaired) electrons. The zero-order chi connectivity index (χ0) is 14.1. The van der Waals surface area contributed by atoms with E-state index in [9.17, 15) is 9.90 Å². The van der Waals surface area contributed by atoms with E-state index in [-0.39, 0.29) is 5.56 Å². The summed E-state index contributed by atoms with van der Waals surface area (Å²) in [5.41, 5.74) is 2.26. The standard InChI is InChI=1S/C14H10ClN3O2/c15-10-6-4-9(5-7-10)8-18-13-11(14(19)20)2-1-3-12(13)16-17-18/h1-7H,8H2,(H,19,20). The molecule has 0 spiro atoms. The van der Waals surface area contributed by atoms with Crippen molar-refractivity contribution < 1.29 is 9.90 Å². The number of hydrogen-bond donors (Lipinski definition) is 1. The van der Waals surface area contributed by atoms with Gasteiger partial charge in [-0.05, 0) is 29.8 Å². The van der Waals surface area contributed by atoms with E-state index in [2.05, 4.69) is 10.3 Å². The maximum Gasteiger partial charge on any atom is 0.337 e. The van der Waals surface area contributed by atoms with E-state index < -0.39 is 5.97 Å². The predicted molar refractivity (Wildman–Crippen MR) is 75.0 cm³/mol. The quantitative estimate of drug-likeness (QED) is 0.804. The van der Waals surface area contributed by atoms with Crippen molar-refractivity contribution in [2.45, 2.75) is 6.54 Å². The highest BCUT2D eigenvalue weighted by molar-refractivity contribution is 6.30. The largest absolute Gasteiger partial charge is 0.478 e. The minimum atomic E-state index is -0.991. The van der Waals surface area contributed by atoms with Gasteiger partial charge in [0.25, 0.3) is 0 Å². The lowest BCUT2D eigenvalue weighted by atomic mass is 10.1. The molecule has 0 bridgehead atoms. The summed E-state index contributed by atoms with van der Waals surface area (Å²) >= 11 is 5.84. The summed E-state index contributed by atoms with van der Waals surface area (Å²) in [5.74, 6) is -0.991. The summed E-state index contributed by atoms with van der Waals surface area (Å²) in [5, 5.41) is 17.9. The molecule has 0 unspecified atom stereocenters. The number of fused-ring (bicyclic) bond motifs is 1. The van der Waals surface area contributed by atoms with Crippen LogP contribution in [0, 0.1) is 0 Å². The first kappa shape index (κ1) is 12.6. The first-order chi connectivity index (χ1) is 9.65. The molecular weight excluding hydrogens is 278 g/mol. The Balaban J connectivity index is 2.07. The number of nitrogens with zero attached hydrogens (tertiary/aromatic N) is 3. The highest BCUT2D eigenvalue weighted by Crippen LogP contribution is 2.18. The van der Waals surface area contributed by atoms with Gasteiger partial charge >= 0.3 is 5.97 Å². The lowest BCUT2D eigenvalue weighted by Gasteiger charge is -2.05. The van der Waals surface area contributed by atoms with Crippen molar-refractivity contribution in [1.82, 2.24) is 15.0 Å². The molecule has 1 aromatic heterocycles. The summed E-state index contributed by atoms with van der Waals surface area (Å²) in [6, 6.07) is 12.3. The summed E-state index contributed by atoms with van der Waals surface area (Å²) < 4.78 is 1.59. The molecule has 1 N–H and O–H groups in total. The van der Waals surface area contributed by atoms with Gasteiger partial charge in [0.2, 0.25) is 0 Å². The van der Waals surface area contributed by atoms with E-state index in [1.807, 2.05) is 12.1 Å². The molecule has 0 aliphatic heterocycles. The number of benzene rings is 2. The smallest absolute Gasteiger partial charge is 0.337 e. The number of para-hydroxylation sites is 1. The molecule has 0 saturated heterocycles. The van der Waals surface area contributed by atoms with E-state index >= 15 is 0 Å². The van der Waals surface area contributed by atoms with Crippen LogP contribution in [0.5, 0.6) is 0 Å². The third-order valence-electron chi connectivity index (χ3n) is 3.01. The van der Waals surface area contributed by atoms with Crippen LogP contribution in [-0.2, 0) is 6.54 Å². The molecule has 0 fully saturated rings. The number of carboxylic acids is 1. The van der Waals surface area contributed by atoms with Gasteiger partial charge in [0, 0.05) is 5.02 Å². The van der Waals surface area contributed by atoms with Crippen molar-refractivity contribution in [3.05, 3.63) is 58.6 Å². The van der Waals surface area contributed by atoms with Crippen LogP contribution in [-0.4, -0.2) is 26.1 Å². The van der Waals surface area contributed by atoms with Crippen molar-refractivity contribution in [3.63, 3.8) is 0 Å². The van der Waals surface area contributed by atoms with Gasteiger partial charge in [-0.1, -0.05) is 35.0 Å². The van der Waals surface area contributed by atoms with Crippen LogP contribution in [0.2, 0.25) is 5.02 Å². The maximum absolute atomic E-state index is 11.3. The minimum absolute atomic E-state index is 0.196. The highest BCUT2D eigenvalue weighted by Gasteiger charge is 2.14. The third kappa shape index (κ3) is 2.23. The Bertz CT molecular complexity index is 781. The van der Waals surface area contributed by atoms with Gasteiger partial charge in [-0.3, -0.25) is 0 Å². The predicted octanol–water partition coefficient (Wildman–Crippen LogP) is 2.83. The minimum Gasteiger partial charge on any atom is -0.478 e. The Morgan fingerprint density at radius 1 is 1.20 bits per heavy atom. The second-order valence-corrected chi connectivity index (χ2v) is 4.79. The van der Waals surface area contributed by atoms with E-state index in [1.165, 1.54) is 0 Å². The average Bonchev–Trinajstić information content (AvgIpc) is 2.84. The van der Waals surface area contributed by atoms with Crippen molar-refractivity contribution in [2.75, 3.05) is 0 Å². The van der Waals surface area contributed by atoms with Crippen LogP contribution in [0.1, 0.15) is 15.9 Å². The van der Waals surface area contributed by atoms with Crippen LogP contribution in [0.4, 0.5) is 0 Å². The monoisotopic (exact) mass is 287 g/mol. The Kier molecular flexibility index (Phi) is 3.12. The average molecular weight is 288 g/mol. The number of rotatable bonds is 3. The van der Waals surface area contributed by atoms with Gasteiger partial charge in [0.05, 0.1) is 12.1 Å². The van der Waals surface area contributed by atoms with Crippen LogP contribution in [0.3, 0.4) is 0 Å². The fourth-order valence-corrected chi connectivity index (χ4v) is 2.20. The van der Waals surface area contributed by atoms with E-state index in [4.69, 9.17) is 11.6 Å². The topological polar surface area (TPSA) is 68.0 Å². The molecule has 3 rings (SSSR count). The number of aromatic nitrogens is 3. The molecule has 6 heteroatoms. The first-order valence-corrected chi connectivity index (χ1v) is 6.33. The number of carboxylic acid groups (broad SMARTS) is 1. The van der Waals surface area contributed by atoms with Gasteiger partial charge in [-0.2, -0.15) is 0 Å². The van der Waals surface area contributed by atoms with Crippen molar-refractivity contribution in [1.29, 1.82) is 0 Å². The van der Waals surface area contributed by atoms with Crippen molar-refractivity contribution in [2.24, 2.45) is 0 Å². The second kappa shape index (κ2) is 4.94. The zero-order valence-corrected chi connectivity index (χ0v) is 11.1. The van der Waals surface area contributed by atoms with Crippen LogP contribution in [0.25, 0.3) is 11.0 Å². The molecule has 0 atom stereocenters. The fourth-order valence-electron chi connectivity index (χ4n) is 2.08. The van der Waals surface area contributed by atoms with Gasteiger partial charge < -0.3 is 5.11 Å². The first-order valence-electron chi connectivity index (χ1n) is 5.95. The summed E-state index contributed by atoms with van der Waals surface area (Å²) in [4.78, 5) is 11.3. The lowest BCUT2D eigenvalue weighted by Crippen LogP contribution is -2.06.